The average molecular weight is 455 g/mol. The maximum Gasteiger partial charge on any atom is 0.293 e. The van der Waals surface area contributed by atoms with Gasteiger partial charge in [-0.1, -0.05) is 6.07 Å². The molecule has 1 aliphatic heterocycles. The number of nitrogens with one attached hydrogen (secondary N) is 2. The van der Waals surface area contributed by atoms with Crippen molar-refractivity contribution in [3.8, 4) is 11.3 Å². The molecule has 2 atom stereocenters. The van der Waals surface area contributed by atoms with Gasteiger partial charge in [-0.3, -0.25) is 4.79 Å². The molecule has 9 heteroatoms. The molecule has 8 nitrogen and oxygen atoms in total. The molecule has 0 radical (unpaired) electrons. The molecule has 2 heterocycles. The number of hydrogen-bond acceptors (Lipinski definition) is 6. The van der Waals surface area contributed by atoms with E-state index in [2.05, 4.69) is 5.32 Å². The highest BCUT2D eigenvalue weighted by molar-refractivity contribution is 6.04. The van der Waals surface area contributed by atoms with Crippen LogP contribution < -0.4 is 20.3 Å². The summed E-state index contributed by atoms with van der Waals surface area (Å²) < 4.78 is 20.6. The van der Waals surface area contributed by atoms with Gasteiger partial charge in [0, 0.05) is 37.9 Å². The van der Waals surface area contributed by atoms with Crippen LogP contribution in [0.2, 0.25) is 0 Å². The molecule has 174 valence electrons. The van der Waals surface area contributed by atoms with Crippen molar-refractivity contribution in [1.82, 2.24) is 5.32 Å². The molecule has 0 saturated carbocycles. The molecule has 1 saturated heterocycles. The Bertz CT molecular complexity index is 1160. The SMILES string of the molecule is CNC1CCN(c2ccc(N(C)C(=O)c3ccc(-c4ccc(C)cc4[NH+]([O-])O)o3)cc2F)C1. The summed E-state index contributed by atoms with van der Waals surface area (Å²) in [6.07, 6.45) is 0.946. The van der Waals surface area contributed by atoms with Gasteiger partial charge >= 0.3 is 0 Å². The van der Waals surface area contributed by atoms with Crippen LogP contribution >= 0.6 is 0 Å². The summed E-state index contributed by atoms with van der Waals surface area (Å²) in [6, 6.07) is 13.1. The number of carbonyl (C=O) groups excluding carboxylic acids is 1. The number of nitrogens with zero attached hydrogens (tertiary/aromatic N) is 2. The maximum atomic E-state index is 14.9. The monoisotopic (exact) mass is 454 g/mol. The molecule has 4 rings (SSSR count). The number of anilines is 2. The lowest BCUT2D eigenvalue weighted by atomic mass is 10.1. The summed E-state index contributed by atoms with van der Waals surface area (Å²) in [7, 11) is 3.44. The topological polar surface area (TPSA) is 96.5 Å². The molecule has 0 bridgehead atoms. The van der Waals surface area contributed by atoms with Crippen LogP contribution in [0.5, 0.6) is 0 Å². The second-order valence-electron chi connectivity index (χ2n) is 8.24. The predicted octanol–water partition coefficient (Wildman–Crippen LogP) is 2.87. The van der Waals surface area contributed by atoms with E-state index in [0.29, 0.717) is 23.0 Å². The summed E-state index contributed by atoms with van der Waals surface area (Å²) in [5, 5.41) is 23.2. The first-order chi connectivity index (χ1) is 15.8. The van der Waals surface area contributed by atoms with Gasteiger partial charge in [-0.15, -0.1) is 0 Å². The molecule has 0 aliphatic carbocycles. The van der Waals surface area contributed by atoms with Crippen molar-refractivity contribution in [2.75, 3.05) is 37.0 Å². The molecule has 1 aliphatic rings. The third-order valence-electron chi connectivity index (χ3n) is 6.05. The zero-order chi connectivity index (χ0) is 23.7. The number of likely N-dealkylation sites (N-methyl/N-ethyl adjacent to an activating group) is 1. The normalized spacial score (nSPS) is 16.8. The largest absolute Gasteiger partial charge is 0.595 e. The van der Waals surface area contributed by atoms with Crippen LogP contribution in [0.25, 0.3) is 11.3 Å². The second-order valence-corrected chi connectivity index (χ2v) is 8.24. The van der Waals surface area contributed by atoms with E-state index in [1.165, 1.54) is 17.0 Å². The minimum atomic E-state index is -1.08. The minimum Gasteiger partial charge on any atom is -0.595 e. The van der Waals surface area contributed by atoms with Crippen molar-refractivity contribution in [3.63, 3.8) is 0 Å². The van der Waals surface area contributed by atoms with E-state index < -0.39 is 17.0 Å². The number of quaternary nitrogens is 1. The molecule has 33 heavy (non-hydrogen) atoms. The number of furan rings is 1. The van der Waals surface area contributed by atoms with Gasteiger partial charge in [0.2, 0.25) is 0 Å². The molecule has 1 amide bonds. The second kappa shape index (κ2) is 9.32. The zero-order valence-corrected chi connectivity index (χ0v) is 18.8. The van der Waals surface area contributed by atoms with Gasteiger partial charge in [0.05, 0.1) is 11.3 Å². The number of carbonyl (C=O) groups is 1. The van der Waals surface area contributed by atoms with Crippen LogP contribution in [0, 0.1) is 17.9 Å². The first-order valence-corrected chi connectivity index (χ1v) is 10.7. The van der Waals surface area contributed by atoms with Gasteiger partial charge in [-0.25, -0.2) is 9.60 Å². The van der Waals surface area contributed by atoms with E-state index in [-0.39, 0.29) is 17.2 Å². The molecule has 3 aromatic rings. The van der Waals surface area contributed by atoms with Crippen molar-refractivity contribution in [1.29, 1.82) is 0 Å². The lowest BCUT2D eigenvalue weighted by Gasteiger charge is -2.22. The van der Waals surface area contributed by atoms with E-state index in [0.717, 1.165) is 25.1 Å². The quantitative estimate of drug-likeness (QED) is 0.496. The molecule has 0 spiro atoms. The predicted molar refractivity (Wildman–Crippen MR) is 123 cm³/mol. The van der Waals surface area contributed by atoms with E-state index >= 15 is 0 Å². The summed E-state index contributed by atoms with van der Waals surface area (Å²) >= 11 is 0. The fourth-order valence-electron chi connectivity index (χ4n) is 4.11. The Morgan fingerprint density at radius 1 is 1.27 bits per heavy atom. The summed E-state index contributed by atoms with van der Waals surface area (Å²) in [5.41, 5.74) is 2.19. The van der Waals surface area contributed by atoms with Crippen molar-refractivity contribution in [2.45, 2.75) is 19.4 Å². The molecular weight excluding hydrogens is 427 g/mol. The van der Waals surface area contributed by atoms with Gasteiger partial charge in [-0.05, 0) is 62.4 Å². The smallest absolute Gasteiger partial charge is 0.293 e. The Morgan fingerprint density at radius 2 is 2.06 bits per heavy atom. The van der Waals surface area contributed by atoms with Crippen LogP contribution in [0.1, 0.15) is 22.5 Å². The number of aryl methyl sites for hydroxylation is 1. The van der Waals surface area contributed by atoms with Gasteiger partial charge in [0.1, 0.15) is 11.6 Å². The highest BCUT2D eigenvalue weighted by Crippen LogP contribution is 2.31. The van der Waals surface area contributed by atoms with Crippen LogP contribution in [-0.2, 0) is 0 Å². The summed E-state index contributed by atoms with van der Waals surface area (Å²) in [6.45, 7) is 3.30. The lowest BCUT2D eigenvalue weighted by molar-refractivity contribution is -0.991. The van der Waals surface area contributed by atoms with Crippen LogP contribution in [0.15, 0.2) is 52.9 Å². The number of amides is 1. The van der Waals surface area contributed by atoms with Crippen molar-refractivity contribution in [2.24, 2.45) is 0 Å². The van der Waals surface area contributed by atoms with Crippen LogP contribution in [0.4, 0.5) is 21.5 Å². The zero-order valence-electron chi connectivity index (χ0n) is 18.8. The summed E-state index contributed by atoms with van der Waals surface area (Å²) in [5.74, 6) is -0.548. The van der Waals surface area contributed by atoms with Gasteiger partial charge in [-0.2, -0.15) is 5.23 Å². The minimum absolute atomic E-state index is 0.0327. The number of benzene rings is 2. The van der Waals surface area contributed by atoms with Crippen LogP contribution in [0.3, 0.4) is 0 Å². The molecule has 1 fully saturated rings. The Kier molecular flexibility index (Phi) is 6.48. The number of hydrogen-bond donors (Lipinski definition) is 3. The van der Waals surface area contributed by atoms with E-state index in [1.807, 2.05) is 11.9 Å². The van der Waals surface area contributed by atoms with Crippen molar-refractivity contribution in [3.05, 3.63) is 70.9 Å². The van der Waals surface area contributed by atoms with E-state index in [4.69, 9.17) is 4.42 Å². The molecule has 2 aromatic carbocycles. The summed E-state index contributed by atoms with van der Waals surface area (Å²) in [4.78, 5) is 16.3. The standard InChI is InChI=1S/C24H27FN4O4/c1-15-4-6-18(21(12-15)29(31)32)22-8-9-23(33-22)24(30)27(3)17-5-7-20(19(25)13-17)28-11-10-16(14-28)26-2/h4-9,12-13,16,26,29,31H,10-11,14H2,1-3H3. The number of rotatable bonds is 6. The fourth-order valence-corrected chi connectivity index (χ4v) is 4.11. The van der Waals surface area contributed by atoms with E-state index in [1.54, 1.807) is 50.4 Å². The Labute approximate surface area is 191 Å². The average Bonchev–Trinajstić information content (AvgIpc) is 3.48. The Morgan fingerprint density at radius 3 is 2.73 bits per heavy atom. The van der Waals surface area contributed by atoms with Crippen molar-refractivity contribution >= 4 is 23.0 Å². The van der Waals surface area contributed by atoms with Crippen LogP contribution in [-0.4, -0.2) is 44.3 Å². The highest BCUT2D eigenvalue weighted by atomic mass is 19.1. The molecular formula is C24H27FN4O4. The maximum absolute atomic E-state index is 14.9. The van der Waals surface area contributed by atoms with Gasteiger partial charge in [0.25, 0.3) is 5.91 Å². The first-order valence-electron chi connectivity index (χ1n) is 10.7. The fraction of sp³-hybridized carbons (Fsp3) is 0.292. The third kappa shape index (κ3) is 4.62. The first kappa shape index (κ1) is 22.9. The van der Waals surface area contributed by atoms with Gasteiger partial charge in [0.15, 0.2) is 11.4 Å². The van der Waals surface area contributed by atoms with Gasteiger partial charge < -0.3 is 24.7 Å². The molecule has 3 N–H and O–H groups in total. The Hall–Kier alpha value is -3.24. The van der Waals surface area contributed by atoms with Crippen molar-refractivity contribution < 1.29 is 24.0 Å². The third-order valence-corrected chi connectivity index (χ3v) is 6.05. The highest BCUT2D eigenvalue weighted by Gasteiger charge is 2.25. The molecule has 1 aromatic heterocycles. The Balaban J connectivity index is 1.54. The van der Waals surface area contributed by atoms with E-state index in [9.17, 15) is 19.6 Å². The lowest BCUT2D eigenvalue weighted by Crippen LogP contribution is -2.99. The number of halogens is 1. The molecule has 2 unspecified atom stereocenters.